The maximum Gasteiger partial charge on any atom is 0.141 e. The van der Waals surface area contributed by atoms with Gasteiger partial charge in [0, 0.05) is 17.3 Å². The lowest BCUT2D eigenvalue weighted by molar-refractivity contribution is 0.628. The van der Waals surface area contributed by atoms with Gasteiger partial charge >= 0.3 is 0 Å². The van der Waals surface area contributed by atoms with Crippen LogP contribution in [0.15, 0.2) is 36.5 Å². The quantitative estimate of drug-likeness (QED) is 0.711. The summed E-state index contributed by atoms with van der Waals surface area (Å²) in [7, 11) is 0. The fraction of sp³-hybridized carbons (Fsp3) is 0. The van der Waals surface area contributed by atoms with Gasteiger partial charge in [-0.3, -0.25) is 4.98 Å². The number of hydrogen-bond acceptors (Lipinski definition) is 3. The molecule has 0 aliphatic rings. The highest BCUT2D eigenvalue weighted by Crippen LogP contribution is 2.32. The minimum atomic E-state index is -0.510. The Balaban J connectivity index is 2.18. The summed E-state index contributed by atoms with van der Waals surface area (Å²) < 4.78 is 13.2. The molecule has 0 bridgehead atoms. The Morgan fingerprint density at radius 2 is 2.05 bits per heavy atom. The summed E-state index contributed by atoms with van der Waals surface area (Å²) in [6.45, 7) is 0. The molecule has 1 aromatic heterocycles. The number of fused-ring (bicyclic) bond motifs is 1. The molecule has 1 radical (unpaired) electrons. The van der Waals surface area contributed by atoms with E-state index in [0.29, 0.717) is 32.9 Å². The average Bonchev–Trinajstić information content (AvgIpc) is 2.52. The Hall–Kier alpha value is -2.35. The van der Waals surface area contributed by atoms with Crippen molar-refractivity contribution in [3.05, 3.63) is 64.0 Å². The zero-order valence-electron chi connectivity index (χ0n) is 11.0. The van der Waals surface area contributed by atoms with E-state index in [1.807, 2.05) is 0 Å². The van der Waals surface area contributed by atoms with Gasteiger partial charge < -0.3 is 5.32 Å². The topological polar surface area (TPSA) is 48.7 Å². The number of benzene rings is 2. The molecule has 0 amide bonds. The fourth-order valence-corrected chi connectivity index (χ4v) is 2.46. The van der Waals surface area contributed by atoms with Crippen molar-refractivity contribution in [2.24, 2.45) is 0 Å². The second-order valence-electron chi connectivity index (χ2n) is 4.48. The van der Waals surface area contributed by atoms with E-state index in [-0.39, 0.29) is 5.02 Å². The van der Waals surface area contributed by atoms with Crippen molar-refractivity contribution in [1.29, 1.82) is 5.26 Å². The van der Waals surface area contributed by atoms with Crippen LogP contribution in [0.5, 0.6) is 0 Å². The Morgan fingerprint density at radius 3 is 2.77 bits per heavy atom. The Morgan fingerprint density at radius 1 is 1.23 bits per heavy atom. The molecule has 107 valence electrons. The van der Waals surface area contributed by atoms with E-state index < -0.39 is 5.82 Å². The standard InChI is InChI=1S/C16H7Cl2FN3/c17-12-3-1-2-11-15(9(7-20)8-21-16(11)12)22-10-4-5-14(19)13(18)6-10/h2-6,8H,(H,21,22). The summed E-state index contributed by atoms with van der Waals surface area (Å²) >= 11 is 11.9. The van der Waals surface area contributed by atoms with E-state index in [2.05, 4.69) is 22.4 Å². The minimum absolute atomic E-state index is 0.00790. The predicted octanol–water partition coefficient (Wildman–Crippen LogP) is 5.10. The predicted molar refractivity (Wildman–Crippen MR) is 85.0 cm³/mol. The smallest absolute Gasteiger partial charge is 0.141 e. The molecular weight excluding hydrogens is 324 g/mol. The second-order valence-corrected chi connectivity index (χ2v) is 5.29. The van der Waals surface area contributed by atoms with E-state index in [9.17, 15) is 9.65 Å². The first-order chi connectivity index (χ1) is 10.6. The lowest BCUT2D eigenvalue weighted by Crippen LogP contribution is -1.97. The third-order valence-corrected chi connectivity index (χ3v) is 3.67. The van der Waals surface area contributed by atoms with Crippen molar-refractivity contribution in [2.75, 3.05) is 5.32 Å². The van der Waals surface area contributed by atoms with Crippen LogP contribution in [0.4, 0.5) is 15.8 Å². The van der Waals surface area contributed by atoms with Crippen LogP contribution in [0.3, 0.4) is 0 Å². The highest BCUT2D eigenvalue weighted by molar-refractivity contribution is 6.35. The van der Waals surface area contributed by atoms with Crippen molar-refractivity contribution >= 4 is 45.5 Å². The van der Waals surface area contributed by atoms with Crippen LogP contribution in [-0.4, -0.2) is 4.98 Å². The summed E-state index contributed by atoms with van der Waals surface area (Å²) in [5, 5.41) is 13.4. The van der Waals surface area contributed by atoms with E-state index in [0.717, 1.165) is 0 Å². The van der Waals surface area contributed by atoms with Gasteiger partial charge in [0.2, 0.25) is 0 Å². The second kappa shape index (κ2) is 5.80. The number of rotatable bonds is 2. The molecule has 3 nitrogen and oxygen atoms in total. The fourth-order valence-electron chi connectivity index (χ4n) is 2.06. The van der Waals surface area contributed by atoms with E-state index in [1.165, 1.54) is 24.4 Å². The first-order valence-electron chi connectivity index (χ1n) is 6.20. The number of nitriles is 1. The minimum Gasteiger partial charge on any atom is -0.354 e. The Bertz CT molecular complexity index is 919. The summed E-state index contributed by atoms with van der Waals surface area (Å²) in [5.74, 6) is -0.510. The van der Waals surface area contributed by atoms with Gasteiger partial charge in [-0.05, 0) is 36.4 Å². The zero-order chi connectivity index (χ0) is 15.7. The normalized spacial score (nSPS) is 10.5. The lowest BCUT2D eigenvalue weighted by atomic mass is 10.1. The van der Waals surface area contributed by atoms with E-state index in [1.54, 1.807) is 12.1 Å². The van der Waals surface area contributed by atoms with Crippen LogP contribution in [0.2, 0.25) is 10.0 Å². The lowest BCUT2D eigenvalue weighted by Gasteiger charge is -2.12. The first kappa shape index (κ1) is 14.6. The van der Waals surface area contributed by atoms with Crippen molar-refractivity contribution < 1.29 is 4.39 Å². The molecule has 0 unspecified atom stereocenters. The van der Waals surface area contributed by atoms with Gasteiger partial charge in [0.25, 0.3) is 0 Å². The number of nitrogens with one attached hydrogen (secondary N) is 1. The maximum atomic E-state index is 13.2. The van der Waals surface area contributed by atoms with Crippen LogP contribution in [0.25, 0.3) is 10.9 Å². The number of pyridine rings is 1. The molecule has 0 atom stereocenters. The summed E-state index contributed by atoms with van der Waals surface area (Å²) in [6, 6.07) is 12.5. The van der Waals surface area contributed by atoms with Crippen LogP contribution < -0.4 is 5.32 Å². The SMILES string of the molecule is N#Cc1cnc2c(Cl)c[c]cc2c1Nc1ccc(F)c(Cl)c1. The zero-order valence-corrected chi connectivity index (χ0v) is 12.5. The number of hydrogen-bond donors (Lipinski definition) is 1. The highest BCUT2D eigenvalue weighted by atomic mass is 35.5. The maximum absolute atomic E-state index is 13.2. The number of aromatic nitrogens is 1. The molecule has 0 saturated carbocycles. The summed E-state index contributed by atoms with van der Waals surface area (Å²) in [4.78, 5) is 4.18. The molecule has 3 rings (SSSR count). The molecule has 22 heavy (non-hydrogen) atoms. The molecule has 0 saturated heterocycles. The van der Waals surface area contributed by atoms with Gasteiger partial charge in [-0.2, -0.15) is 5.26 Å². The van der Waals surface area contributed by atoms with Crippen LogP contribution in [-0.2, 0) is 0 Å². The largest absolute Gasteiger partial charge is 0.354 e. The van der Waals surface area contributed by atoms with Gasteiger partial charge in [-0.25, -0.2) is 4.39 Å². The molecule has 1 heterocycles. The molecule has 0 fully saturated rings. The van der Waals surface area contributed by atoms with Crippen LogP contribution >= 0.6 is 23.2 Å². The molecule has 0 aliphatic carbocycles. The van der Waals surface area contributed by atoms with Gasteiger partial charge in [0.05, 0.1) is 26.8 Å². The van der Waals surface area contributed by atoms with Gasteiger partial charge in [-0.15, -0.1) is 0 Å². The highest BCUT2D eigenvalue weighted by Gasteiger charge is 2.12. The average molecular weight is 331 g/mol. The molecule has 6 heteroatoms. The first-order valence-corrected chi connectivity index (χ1v) is 6.96. The third-order valence-electron chi connectivity index (χ3n) is 3.09. The van der Waals surface area contributed by atoms with Crippen molar-refractivity contribution in [1.82, 2.24) is 4.98 Å². The van der Waals surface area contributed by atoms with Crippen molar-refractivity contribution in [3.8, 4) is 6.07 Å². The number of halogens is 3. The molecule has 2 aromatic carbocycles. The van der Waals surface area contributed by atoms with Gasteiger partial charge in [-0.1, -0.05) is 23.2 Å². The van der Waals surface area contributed by atoms with Crippen molar-refractivity contribution in [2.45, 2.75) is 0 Å². The monoisotopic (exact) mass is 330 g/mol. The molecule has 0 aliphatic heterocycles. The van der Waals surface area contributed by atoms with Crippen LogP contribution in [0, 0.1) is 23.2 Å². The number of nitrogens with zero attached hydrogens (tertiary/aromatic N) is 2. The molecule has 3 aromatic rings. The molecule has 1 N–H and O–H groups in total. The van der Waals surface area contributed by atoms with Crippen LogP contribution in [0.1, 0.15) is 5.56 Å². The number of anilines is 2. The summed E-state index contributed by atoms with van der Waals surface area (Å²) in [6.07, 6.45) is 1.43. The Kier molecular flexibility index (Phi) is 3.84. The molecular formula is C16H7Cl2FN3. The third kappa shape index (κ3) is 2.57. The van der Waals surface area contributed by atoms with Gasteiger partial charge in [0.1, 0.15) is 11.9 Å². The van der Waals surface area contributed by atoms with Crippen molar-refractivity contribution in [3.63, 3.8) is 0 Å². The van der Waals surface area contributed by atoms with E-state index in [4.69, 9.17) is 23.2 Å². The summed E-state index contributed by atoms with van der Waals surface area (Å²) in [5.41, 5.74) is 1.96. The molecule has 0 spiro atoms. The van der Waals surface area contributed by atoms with Gasteiger partial charge in [0.15, 0.2) is 0 Å². The van der Waals surface area contributed by atoms with E-state index >= 15 is 0 Å². The Labute approximate surface area is 135 Å².